The average molecular weight is 707 g/mol. The van der Waals surface area contributed by atoms with Crippen molar-refractivity contribution in [2.75, 3.05) is 49.3 Å². The standard InChI is InChI=1S/C36H68O7P2S/c1-9-17-23-44(15-7,24-18-10-2,25-19-11-3)42-35(37)32-29-33(31-34(30-32)46(39,40)41)36(38)43-45(16-8,26-20-12-4,27-21-13-5)28-22-14-6/h29-31H,9-28H2,1-8H3,(H,39,40,41). The average Bonchev–Trinajstić information content (AvgIpc) is 3.05. The molecule has 0 aromatic heterocycles. The summed E-state index contributed by atoms with van der Waals surface area (Å²) in [5, 5.41) is 0. The van der Waals surface area contributed by atoms with E-state index in [-0.39, 0.29) is 11.1 Å². The summed E-state index contributed by atoms with van der Waals surface area (Å²) in [4.78, 5) is 27.9. The molecule has 0 aliphatic heterocycles. The maximum absolute atomic E-state index is 14.2. The molecule has 0 saturated heterocycles. The van der Waals surface area contributed by atoms with Crippen molar-refractivity contribution in [2.45, 2.75) is 137 Å². The summed E-state index contributed by atoms with van der Waals surface area (Å²) in [6.45, 7) is 11.1. The third-order valence-electron chi connectivity index (χ3n) is 10.4. The Kier molecular flexibility index (Phi) is 17.9. The first-order valence-electron chi connectivity index (χ1n) is 18.3. The van der Waals surface area contributed by atoms with E-state index in [4.69, 9.17) is 9.05 Å². The Morgan fingerprint density at radius 3 is 1.00 bits per heavy atom. The van der Waals surface area contributed by atoms with E-state index in [1.165, 1.54) is 6.07 Å². The molecule has 0 bridgehead atoms. The second kappa shape index (κ2) is 19.2. The van der Waals surface area contributed by atoms with Crippen molar-refractivity contribution in [3.05, 3.63) is 29.3 Å². The quantitative estimate of drug-likeness (QED) is 0.0796. The van der Waals surface area contributed by atoms with Crippen LogP contribution in [0.25, 0.3) is 0 Å². The molecule has 0 amide bonds. The van der Waals surface area contributed by atoms with Crippen molar-refractivity contribution in [3.63, 3.8) is 0 Å². The molecule has 0 aliphatic carbocycles. The number of benzene rings is 1. The van der Waals surface area contributed by atoms with Gasteiger partial charge in [-0.15, -0.1) is 0 Å². The minimum absolute atomic E-state index is 0.0264. The Morgan fingerprint density at radius 2 is 0.804 bits per heavy atom. The van der Waals surface area contributed by atoms with Gasteiger partial charge in [0.2, 0.25) is 0 Å². The number of rotatable bonds is 25. The topological polar surface area (TPSA) is 107 Å². The molecule has 10 heteroatoms. The van der Waals surface area contributed by atoms with Crippen LogP contribution >= 0.6 is 13.7 Å². The molecule has 0 spiro atoms. The summed E-state index contributed by atoms with van der Waals surface area (Å²) in [5.74, 6) is -1.23. The van der Waals surface area contributed by atoms with Crippen molar-refractivity contribution in [1.82, 2.24) is 0 Å². The summed E-state index contributed by atoms with van der Waals surface area (Å²) in [7, 11) is -4.72. The molecule has 270 valence electrons. The molecule has 1 rings (SSSR count). The second-order valence-electron chi connectivity index (χ2n) is 13.8. The first kappa shape index (κ1) is 43.0. The van der Waals surface area contributed by atoms with Gasteiger partial charge in [0.15, 0.2) is 0 Å². The predicted molar refractivity (Wildman–Crippen MR) is 201 cm³/mol. The van der Waals surface area contributed by atoms with Crippen LogP contribution in [0.3, 0.4) is 0 Å². The van der Waals surface area contributed by atoms with Crippen molar-refractivity contribution in [2.24, 2.45) is 0 Å². The van der Waals surface area contributed by atoms with Crippen LogP contribution in [0.5, 0.6) is 0 Å². The number of carbonyl (C=O) groups excluding carboxylic acids is 2. The van der Waals surface area contributed by atoms with E-state index < -0.39 is 40.6 Å². The third-order valence-corrected chi connectivity index (χ3v) is 24.5. The van der Waals surface area contributed by atoms with Crippen molar-refractivity contribution in [3.8, 4) is 0 Å². The first-order chi connectivity index (χ1) is 21.7. The zero-order valence-corrected chi connectivity index (χ0v) is 33.2. The summed E-state index contributed by atoms with van der Waals surface area (Å²) in [6, 6.07) is 3.74. The molecule has 0 unspecified atom stereocenters. The monoisotopic (exact) mass is 706 g/mol. The minimum atomic E-state index is -4.72. The van der Waals surface area contributed by atoms with Gasteiger partial charge in [0, 0.05) is 0 Å². The van der Waals surface area contributed by atoms with Crippen molar-refractivity contribution >= 4 is 35.7 Å². The van der Waals surface area contributed by atoms with Gasteiger partial charge in [-0.05, 0) is 0 Å². The van der Waals surface area contributed by atoms with Gasteiger partial charge in [-0.25, -0.2) is 0 Å². The van der Waals surface area contributed by atoms with Gasteiger partial charge in [0.25, 0.3) is 0 Å². The fourth-order valence-corrected chi connectivity index (χ4v) is 19.4. The normalized spacial score (nSPS) is 14.2. The molecule has 1 aromatic carbocycles. The molecular formula is C36H68O7P2S. The van der Waals surface area contributed by atoms with Crippen LogP contribution in [0, 0.1) is 0 Å². The van der Waals surface area contributed by atoms with Gasteiger partial charge >= 0.3 is 283 Å². The van der Waals surface area contributed by atoms with E-state index in [9.17, 15) is 22.6 Å². The van der Waals surface area contributed by atoms with Crippen LogP contribution in [0.2, 0.25) is 0 Å². The Morgan fingerprint density at radius 1 is 0.543 bits per heavy atom. The Labute approximate surface area is 282 Å². The summed E-state index contributed by atoms with van der Waals surface area (Å²) < 4.78 is 48.6. The molecule has 1 aromatic rings. The molecule has 0 atom stereocenters. The van der Waals surface area contributed by atoms with E-state index in [1.807, 2.05) is 0 Å². The van der Waals surface area contributed by atoms with Gasteiger partial charge in [-0.3, -0.25) is 0 Å². The van der Waals surface area contributed by atoms with E-state index in [0.717, 1.165) is 138 Å². The van der Waals surface area contributed by atoms with E-state index in [0.29, 0.717) is 0 Å². The van der Waals surface area contributed by atoms with Crippen LogP contribution in [-0.4, -0.2) is 74.2 Å². The van der Waals surface area contributed by atoms with Crippen LogP contribution in [0.15, 0.2) is 23.1 Å². The van der Waals surface area contributed by atoms with E-state index in [1.54, 1.807) is 0 Å². The zero-order chi connectivity index (χ0) is 35.0. The van der Waals surface area contributed by atoms with Gasteiger partial charge in [-0.1, -0.05) is 0 Å². The molecular weight excluding hydrogens is 638 g/mol. The summed E-state index contributed by atoms with van der Waals surface area (Å²) in [6.07, 6.45) is 18.2. The fraction of sp³-hybridized carbons (Fsp3) is 0.778. The maximum atomic E-state index is 14.2. The number of hydrogen-bond donors (Lipinski definition) is 1. The van der Waals surface area contributed by atoms with Crippen molar-refractivity contribution in [1.29, 1.82) is 0 Å². The van der Waals surface area contributed by atoms with Crippen LogP contribution in [0.4, 0.5) is 0 Å². The van der Waals surface area contributed by atoms with Gasteiger partial charge in [-0.2, -0.15) is 0 Å². The molecule has 1 N–H and O–H groups in total. The van der Waals surface area contributed by atoms with Crippen LogP contribution in [0.1, 0.15) is 153 Å². The second-order valence-corrected chi connectivity index (χ2v) is 27.0. The SMILES string of the molecule is CCCCP(CC)(CCCC)(CCCC)OC(=O)c1cc(C(=O)OP(CC)(CCCC)(CCCC)CCCC)cc(S(=O)(=O)O)c1. The Hall–Kier alpha value is -1.07. The number of unbranched alkanes of at least 4 members (excludes halogenated alkanes) is 6. The molecule has 0 aliphatic rings. The van der Waals surface area contributed by atoms with Crippen molar-refractivity contribution < 1.29 is 31.6 Å². The molecule has 0 heterocycles. The van der Waals surface area contributed by atoms with E-state index in [2.05, 4.69) is 55.4 Å². The zero-order valence-electron chi connectivity index (χ0n) is 30.6. The Bertz CT molecular complexity index is 1090. The third kappa shape index (κ3) is 11.5. The molecule has 0 fully saturated rings. The fourth-order valence-electron chi connectivity index (χ4n) is 6.93. The molecule has 46 heavy (non-hydrogen) atoms. The molecule has 7 nitrogen and oxygen atoms in total. The molecule has 0 radical (unpaired) electrons. The van der Waals surface area contributed by atoms with Gasteiger partial charge < -0.3 is 0 Å². The molecule has 0 saturated carbocycles. The summed E-state index contributed by atoms with van der Waals surface area (Å²) >= 11 is 0. The number of carbonyl (C=O) groups is 2. The number of hydrogen-bond acceptors (Lipinski definition) is 6. The van der Waals surface area contributed by atoms with E-state index >= 15 is 0 Å². The van der Waals surface area contributed by atoms with Gasteiger partial charge in [0.05, 0.1) is 0 Å². The van der Waals surface area contributed by atoms with Gasteiger partial charge in [0.1, 0.15) is 0 Å². The van der Waals surface area contributed by atoms with Crippen LogP contribution < -0.4 is 0 Å². The predicted octanol–water partition coefficient (Wildman–Crippen LogP) is 11.0. The van der Waals surface area contributed by atoms with Crippen LogP contribution in [-0.2, 0) is 19.2 Å². The summed E-state index contributed by atoms with van der Waals surface area (Å²) in [5.41, 5.74) is -0.0528. The first-order valence-corrected chi connectivity index (χ1v) is 25.6. The Balaban J connectivity index is 3.85.